The minimum Gasteiger partial charge on any atom is -0.507 e. The SMILES string of the molecule is CCCCC(COC(=O)C(C)Oc1ccc(-c2nc(-c3ccc(OC(C)C(=O)OCC(CCCC)OCC)c(C)c3O)nc(-c3ccc(OC(C)C(=O)OCC(CCCC)OCC)c(C)c3O)n2)c(O)c1C)OCC. The average molecular weight is 1050 g/mol. The molecule has 0 bridgehead atoms. The molecular weight excluding hydrogens is 967 g/mol. The Morgan fingerprint density at radius 1 is 0.440 bits per heavy atom. The summed E-state index contributed by atoms with van der Waals surface area (Å²) < 4.78 is 51.9. The van der Waals surface area contributed by atoms with Crippen LogP contribution in [0.2, 0.25) is 0 Å². The summed E-state index contributed by atoms with van der Waals surface area (Å²) in [6.45, 7) is 23.0. The van der Waals surface area contributed by atoms with Gasteiger partial charge in [0.05, 0.1) is 35.0 Å². The zero-order valence-corrected chi connectivity index (χ0v) is 46.1. The molecule has 1 heterocycles. The van der Waals surface area contributed by atoms with Gasteiger partial charge in [0, 0.05) is 36.5 Å². The van der Waals surface area contributed by atoms with Crippen molar-refractivity contribution < 1.29 is 72.3 Å². The molecule has 0 aliphatic heterocycles. The van der Waals surface area contributed by atoms with Gasteiger partial charge in [-0.05, 0) is 118 Å². The van der Waals surface area contributed by atoms with Gasteiger partial charge in [-0.15, -0.1) is 0 Å². The van der Waals surface area contributed by atoms with Gasteiger partial charge in [0.2, 0.25) is 0 Å². The second-order valence-corrected chi connectivity index (χ2v) is 18.4. The van der Waals surface area contributed by atoms with E-state index in [1.54, 1.807) is 59.7 Å². The third kappa shape index (κ3) is 17.7. The summed E-state index contributed by atoms with van der Waals surface area (Å²) in [5.74, 6) is -2.22. The number of aromatic nitrogens is 3. The maximum atomic E-state index is 13.1. The van der Waals surface area contributed by atoms with Gasteiger partial charge in [0.1, 0.15) is 54.3 Å². The Labute approximate surface area is 442 Å². The fraction of sp³-hybridized carbons (Fsp3) is 0.579. The lowest BCUT2D eigenvalue weighted by molar-refractivity contribution is -0.156. The highest BCUT2D eigenvalue weighted by Gasteiger charge is 2.27. The first-order chi connectivity index (χ1) is 35.9. The normalized spacial score (nSPS) is 13.8. The summed E-state index contributed by atoms with van der Waals surface area (Å²) in [5.41, 5.74) is 1.17. The van der Waals surface area contributed by atoms with Crippen LogP contribution < -0.4 is 14.2 Å². The van der Waals surface area contributed by atoms with Gasteiger partial charge < -0.3 is 58.0 Å². The molecular formula is C57H81N3O15. The number of rotatable bonds is 33. The molecule has 6 atom stereocenters. The van der Waals surface area contributed by atoms with Crippen LogP contribution in [0.15, 0.2) is 36.4 Å². The Morgan fingerprint density at radius 3 is 0.920 bits per heavy atom. The van der Waals surface area contributed by atoms with E-state index < -0.39 is 36.2 Å². The topological polar surface area (TPSA) is 234 Å². The van der Waals surface area contributed by atoms with Crippen molar-refractivity contribution in [3.8, 4) is 68.7 Å². The predicted molar refractivity (Wildman–Crippen MR) is 283 cm³/mol. The molecule has 4 rings (SSSR count). The highest BCUT2D eigenvalue weighted by molar-refractivity contribution is 5.79. The number of phenols is 3. The summed E-state index contributed by atoms with van der Waals surface area (Å²) in [6, 6.07) is 9.23. The van der Waals surface area contributed by atoms with Crippen LogP contribution in [0.4, 0.5) is 0 Å². The molecule has 0 aliphatic rings. The molecule has 0 amide bonds. The van der Waals surface area contributed by atoms with Crippen LogP contribution in [0, 0.1) is 20.8 Å². The molecule has 0 fully saturated rings. The number of esters is 3. The Morgan fingerprint density at radius 2 is 0.693 bits per heavy atom. The number of hydrogen-bond acceptors (Lipinski definition) is 18. The fourth-order valence-corrected chi connectivity index (χ4v) is 7.95. The average Bonchev–Trinajstić information content (AvgIpc) is 3.39. The number of nitrogens with zero attached hydrogens (tertiary/aromatic N) is 3. The van der Waals surface area contributed by atoms with Gasteiger partial charge in [-0.1, -0.05) is 59.3 Å². The van der Waals surface area contributed by atoms with Crippen molar-refractivity contribution in [2.24, 2.45) is 0 Å². The maximum Gasteiger partial charge on any atom is 0.347 e. The molecule has 0 aliphatic carbocycles. The van der Waals surface area contributed by atoms with Crippen molar-refractivity contribution >= 4 is 17.9 Å². The van der Waals surface area contributed by atoms with Crippen LogP contribution in [0.25, 0.3) is 34.2 Å². The number of phenolic OH excluding ortho intramolecular Hbond substituents is 3. The highest BCUT2D eigenvalue weighted by Crippen LogP contribution is 2.42. The monoisotopic (exact) mass is 1050 g/mol. The molecule has 0 spiro atoms. The fourth-order valence-electron chi connectivity index (χ4n) is 7.95. The van der Waals surface area contributed by atoms with E-state index >= 15 is 0 Å². The van der Waals surface area contributed by atoms with Crippen LogP contribution in [-0.4, -0.2) is 124 Å². The molecule has 18 nitrogen and oxygen atoms in total. The van der Waals surface area contributed by atoms with E-state index in [2.05, 4.69) is 20.8 Å². The second-order valence-electron chi connectivity index (χ2n) is 18.4. The van der Waals surface area contributed by atoms with E-state index in [0.717, 1.165) is 57.8 Å². The molecule has 75 heavy (non-hydrogen) atoms. The smallest absolute Gasteiger partial charge is 0.347 e. The van der Waals surface area contributed by atoms with Crippen molar-refractivity contribution in [2.75, 3.05) is 39.6 Å². The van der Waals surface area contributed by atoms with Crippen LogP contribution in [0.1, 0.15) is 137 Å². The third-order valence-electron chi connectivity index (χ3n) is 12.5. The van der Waals surface area contributed by atoms with Crippen molar-refractivity contribution in [3.63, 3.8) is 0 Å². The van der Waals surface area contributed by atoms with Crippen molar-refractivity contribution in [3.05, 3.63) is 53.1 Å². The molecule has 3 N–H and O–H groups in total. The molecule has 0 saturated heterocycles. The third-order valence-corrected chi connectivity index (χ3v) is 12.5. The highest BCUT2D eigenvalue weighted by atomic mass is 16.6. The van der Waals surface area contributed by atoms with Gasteiger partial charge in [0.25, 0.3) is 0 Å². The van der Waals surface area contributed by atoms with E-state index in [4.69, 9.17) is 57.6 Å². The first-order valence-corrected chi connectivity index (χ1v) is 26.5. The van der Waals surface area contributed by atoms with E-state index in [1.807, 2.05) is 20.8 Å². The number of carbonyl (C=O) groups excluding carboxylic acids is 3. The van der Waals surface area contributed by atoms with Crippen LogP contribution in [-0.2, 0) is 42.8 Å². The Kier molecular flexibility index (Phi) is 25.3. The van der Waals surface area contributed by atoms with Crippen LogP contribution in [0.3, 0.4) is 0 Å². The molecule has 414 valence electrons. The van der Waals surface area contributed by atoms with Crippen molar-refractivity contribution in [1.82, 2.24) is 15.0 Å². The molecule has 18 heteroatoms. The van der Waals surface area contributed by atoms with Gasteiger partial charge in [-0.2, -0.15) is 0 Å². The zero-order valence-electron chi connectivity index (χ0n) is 46.1. The lowest BCUT2D eigenvalue weighted by atomic mass is 10.0. The lowest BCUT2D eigenvalue weighted by Crippen LogP contribution is -2.30. The summed E-state index contributed by atoms with van der Waals surface area (Å²) in [6.07, 6.45) is 4.13. The quantitative estimate of drug-likeness (QED) is 0.0297. The minimum atomic E-state index is -1.04. The number of benzene rings is 3. The van der Waals surface area contributed by atoms with Gasteiger partial charge in [0.15, 0.2) is 35.8 Å². The van der Waals surface area contributed by atoms with Crippen molar-refractivity contribution in [1.29, 1.82) is 0 Å². The Hall–Kier alpha value is -6.24. The van der Waals surface area contributed by atoms with Crippen molar-refractivity contribution in [2.45, 2.75) is 177 Å². The number of hydrogen-bond donors (Lipinski definition) is 3. The summed E-state index contributed by atoms with van der Waals surface area (Å²) in [7, 11) is 0. The van der Waals surface area contributed by atoms with Crippen LogP contribution in [0.5, 0.6) is 34.5 Å². The number of ether oxygens (including phenoxy) is 9. The molecule has 0 radical (unpaired) electrons. The first-order valence-electron chi connectivity index (χ1n) is 26.5. The van der Waals surface area contributed by atoms with E-state index in [-0.39, 0.29) is 123 Å². The minimum absolute atomic E-state index is 0.0558. The molecule has 1 aromatic heterocycles. The number of carbonyl (C=O) groups is 3. The summed E-state index contributed by atoms with van der Waals surface area (Å²) in [4.78, 5) is 53.4. The van der Waals surface area contributed by atoms with Gasteiger partial charge in [-0.3, -0.25) is 0 Å². The van der Waals surface area contributed by atoms with E-state index in [9.17, 15) is 29.7 Å². The standard InChI is InChI=1S/C57H81N3O15/c1-13-19-22-40(67-16-4)31-70-55(64)37(10)73-46-28-25-43(49(61)34(46)7)52-58-53(44-26-29-47(35(8)50(44)62)74-38(11)56(65)71-32-41(68-17-5)23-20-14-2)60-54(59-52)45-27-30-48(36(9)51(45)63)75-39(12)57(66)72-33-42(69-18-6)24-21-15-3/h25-30,37-42,61-63H,13-24,31-33H2,1-12H3. The Balaban J connectivity index is 1.72. The Bertz CT molecular complexity index is 2190. The summed E-state index contributed by atoms with van der Waals surface area (Å²) >= 11 is 0. The molecule has 3 aromatic carbocycles. The maximum absolute atomic E-state index is 13.1. The van der Waals surface area contributed by atoms with E-state index in [1.165, 1.54) is 18.2 Å². The largest absolute Gasteiger partial charge is 0.507 e. The lowest BCUT2D eigenvalue weighted by Gasteiger charge is -2.21. The molecule has 6 unspecified atom stereocenters. The summed E-state index contributed by atoms with van der Waals surface area (Å²) in [5, 5.41) is 35.4. The van der Waals surface area contributed by atoms with Gasteiger partial charge >= 0.3 is 17.9 Å². The first kappa shape index (κ1) is 61.3. The number of aromatic hydroxyl groups is 3. The van der Waals surface area contributed by atoms with Gasteiger partial charge in [-0.25, -0.2) is 29.3 Å². The molecule has 0 saturated carbocycles. The van der Waals surface area contributed by atoms with Crippen LogP contribution >= 0.6 is 0 Å². The van der Waals surface area contributed by atoms with E-state index in [0.29, 0.717) is 19.8 Å². The predicted octanol–water partition coefficient (Wildman–Crippen LogP) is 10.6. The zero-order chi connectivity index (χ0) is 55.2. The number of unbranched alkanes of at least 4 members (excludes halogenated alkanes) is 3. The second kappa shape index (κ2) is 31.0. The molecule has 4 aromatic rings.